The number of hydrogen-bond donors (Lipinski definition) is 1. The molecule has 2 aromatic heterocycles. The number of nitrogens with zero attached hydrogens (tertiary/aromatic N) is 2. The van der Waals surface area contributed by atoms with E-state index in [0.717, 1.165) is 16.6 Å². The molecule has 0 fully saturated rings. The Labute approximate surface area is 81.5 Å². The Kier molecular flexibility index (Phi) is 1.96. The van der Waals surface area contributed by atoms with E-state index in [-0.39, 0.29) is 5.91 Å². The molecule has 0 aliphatic carbocycles. The first-order valence-corrected chi connectivity index (χ1v) is 4.38. The summed E-state index contributed by atoms with van der Waals surface area (Å²) < 4.78 is 1.68. The highest BCUT2D eigenvalue weighted by molar-refractivity contribution is 5.84. The normalized spacial score (nSPS) is 10.4. The van der Waals surface area contributed by atoms with Crippen molar-refractivity contribution in [2.24, 2.45) is 0 Å². The number of fused-ring (bicyclic) bond motifs is 1. The summed E-state index contributed by atoms with van der Waals surface area (Å²) in [5, 5.41) is 0. The summed E-state index contributed by atoms with van der Waals surface area (Å²) in [4.78, 5) is 15.1. The highest BCUT2D eigenvalue weighted by Gasteiger charge is 2.02. The molecule has 4 heteroatoms. The first-order chi connectivity index (χ1) is 6.66. The van der Waals surface area contributed by atoms with E-state index in [1.165, 1.54) is 6.92 Å². The van der Waals surface area contributed by atoms with Gasteiger partial charge in [-0.1, -0.05) is 0 Å². The van der Waals surface area contributed by atoms with Gasteiger partial charge in [-0.3, -0.25) is 19.9 Å². The highest BCUT2D eigenvalue weighted by Crippen LogP contribution is 2.12. The molecule has 1 amide bonds. The Morgan fingerprint density at radius 2 is 2.36 bits per heavy atom. The fourth-order valence-electron chi connectivity index (χ4n) is 1.38. The van der Waals surface area contributed by atoms with E-state index in [4.69, 9.17) is 0 Å². The second-order valence-corrected chi connectivity index (χ2v) is 3.27. The van der Waals surface area contributed by atoms with Crippen molar-refractivity contribution in [3.05, 3.63) is 30.1 Å². The van der Waals surface area contributed by atoms with Gasteiger partial charge >= 0.3 is 0 Å². The van der Waals surface area contributed by atoms with Crippen LogP contribution in [0.15, 0.2) is 24.5 Å². The van der Waals surface area contributed by atoms with E-state index < -0.39 is 0 Å². The molecular weight excluding hydrogens is 178 g/mol. The van der Waals surface area contributed by atoms with Crippen molar-refractivity contribution >= 4 is 16.9 Å². The summed E-state index contributed by atoms with van der Waals surface area (Å²) >= 11 is 0. The fraction of sp³-hybridized carbons (Fsp3) is 0.200. The number of carbonyl (C=O) groups excluding carboxylic acids is 1. The van der Waals surface area contributed by atoms with Crippen LogP contribution in [0.2, 0.25) is 0 Å². The summed E-state index contributed by atoms with van der Waals surface area (Å²) in [5.41, 5.74) is 5.56. The van der Waals surface area contributed by atoms with Crippen LogP contribution >= 0.6 is 0 Å². The van der Waals surface area contributed by atoms with Gasteiger partial charge in [0, 0.05) is 19.3 Å². The molecule has 0 saturated heterocycles. The quantitative estimate of drug-likeness (QED) is 0.737. The Morgan fingerprint density at radius 3 is 3.07 bits per heavy atom. The van der Waals surface area contributed by atoms with E-state index in [1.54, 1.807) is 17.1 Å². The smallest absolute Gasteiger partial charge is 0.235 e. The van der Waals surface area contributed by atoms with Crippen LogP contribution < -0.4 is 5.43 Å². The van der Waals surface area contributed by atoms with E-state index in [0.29, 0.717) is 0 Å². The van der Waals surface area contributed by atoms with E-state index >= 15 is 0 Å². The number of amides is 1. The molecular formula is C10H11N3O. The molecule has 0 saturated carbocycles. The van der Waals surface area contributed by atoms with Gasteiger partial charge in [0.25, 0.3) is 0 Å². The second kappa shape index (κ2) is 3.14. The average molecular weight is 189 g/mol. The minimum absolute atomic E-state index is 0.0935. The largest absolute Gasteiger partial charge is 0.274 e. The number of aryl methyl sites for hydroxylation is 1. The van der Waals surface area contributed by atoms with Gasteiger partial charge in [0.1, 0.15) is 0 Å². The third-order valence-corrected chi connectivity index (χ3v) is 1.95. The van der Waals surface area contributed by atoms with Crippen LogP contribution in [0, 0.1) is 6.92 Å². The molecule has 0 aliphatic heterocycles. The van der Waals surface area contributed by atoms with Crippen LogP contribution in [0.1, 0.15) is 12.5 Å². The molecule has 0 atom stereocenters. The van der Waals surface area contributed by atoms with Crippen molar-refractivity contribution in [1.29, 1.82) is 0 Å². The molecule has 2 heterocycles. The van der Waals surface area contributed by atoms with E-state index in [1.807, 2.05) is 19.1 Å². The predicted octanol–water partition coefficient (Wildman–Crippen LogP) is 1.43. The molecule has 1 N–H and O–H groups in total. The van der Waals surface area contributed by atoms with E-state index in [2.05, 4.69) is 10.4 Å². The maximum atomic E-state index is 10.9. The summed E-state index contributed by atoms with van der Waals surface area (Å²) in [6.07, 6.45) is 3.60. The molecule has 0 bridgehead atoms. The third-order valence-electron chi connectivity index (χ3n) is 1.95. The molecule has 14 heavy (non-hydrogen) atoms. The minimum atomic E-state index is -0.0935. The Balaban J connectivity index is 2.55. The Hall–Kier alpha value is -1.84. The molecule has 2 aromatic rings. The zero-order valence-corrected chi connectivity index (χ0v) is 8.11. The van der Waals surface area contributed by atoms with Gasteiger partial charge in [-0.05, 0) is 24.6 Å². The van der Waals surface area contributed by atoms with Crippen molar-refractivity contribution in [2.75, 3.05) is 5.43 Å². The predicted molar refractivity (Wildman–Crippen MR) is 54.5 cm³/mol. The van der Waals surface area contributed by atoms with Gasteiger partial charge in [0.15, 0.2) is 0 Å². The van der Waals surface area contributed by atoms with Crippen LogP contribution in [-0.4, -0.2) is 15.6 Å². The van der Waals surface area contributed by atoms with Crippen molar-refractivity contribution < 1.29 is 4.79 Å². The zero-order chi connectivity index (χ0) is 10.1. The Morgan fingerprint density at radius 1 is 1.57 bits per heavy atom. The van der Waals surface area contributed by atoms with Crippen LogP contribution in [0.5, 0.6) is 0 Å². The zero-order valence-electron chi connectivity index (χ0n) is 8.11. The lowest BCUT2D eigenvalue weighted by atomic mass is 10.3. The van der Waals surface area contributed by atoms with Crippen molar-refractivity contribution in [1.82, 2.24) is 9.66 Å². The van der Waals surface area contributed by atoms with Gasteiger partial charge < -0.3 is 0 Å². The number of pyridine rings is 1. The average Bonchev–Trinajstić information content (AvgIpc) is 2.47. The highest BCUT2D eigenvalue weighted by atomic mass is 16.2. The maximum Gasteiger partial charge on any atom is 0.235 e. The fourth-order valence-corrected chi connectivity index (χ4v) is 1.38. The molecule has 4 nitrogen and oxygen atoms in total. The van der Waals surface area contributed by atoms with Crippen molar-refractivity contribution in [3.8, 4) is 0 Å². The molecule has 2 rings (SSSR count). The van der Waals surface area contributed by atoms with Gasteiger partial charge in [-0.2, -0.15) is 0 Å². The lowest BCUT2D eigenvalue weighted by Crippen LogP contribution is -2.18. The molecule has 0 aliphatic rings. The monoisotopic (exact) mass is 189 g/mol. The van der Waals surface area contributed by atoms with Gasteiger partial charge in [-0.15, -0.1) is 0 Å². The van der Waals surface area contributed by atoms with Crippen LogP contribution in [-0.2, 0) is 4.79 Å². The van der Waals surface area contributed by atoms with Crippen LogP contribution in [0.3, 0.4) is 0 Å². The van der Waals surface area contributed by atoms with Gasteiger partial charge in [0.2, 0.25) is 5.91 Å². The topological polar surface area (TPSA) is 46.9 Å². The molecule has 0 aromatic carbocycles. The summed E-state index contributed by atoms with van der Waals surface area (Å²) in [6.45, 7) is 3.45. The van der Waals surface area contributed by atoms with Gasteiger partial charge in [-0.25, -0.2) is 0 Å². The maximum absolute atomic E-state index is 10.9. The second-order valence-electron chi connectivity index (χ2n) is 3.27. The molecule has 72 valence electrons. The van der Waals surface area contributed by atoms with Crippen molar-refractivity contribution in [3.63, 3.8) is 0 Å². The molecule has 0 unspecified atom stereocenters. The van der Waals surface area contributed by atoms with Crippen molar-refractivity contribution in [2.45, 2.75) is 13.8 Å². The number of aromatic nitrogens is 2. The third kappa shape index (κ3) is 1.46. The molecule has 0 spiro atoms. The van der Waals surface area contributed by atoms with Gasteiger partial charge in [0.05, 0.1) is 11.0 Å². The minimum Gasteiger partial charge on any atom is -0.274 e. The first kappa shape index (κ1) is 8.74. The lowest BCUT2D eigenvalue weighted by molar-refractivity contribution is -0.115. The van der Waals surface area contributed by atoms with E-state index in [9.17, 15) is 4.79 Å². The summed E-state index contributed by atoms with van der Waals surface area (Å²) in [7, 11) is 0. The number of hydrogen-bond acceptors (Lipinski definition) is 2. The number of carbonyl (C=O) groups is 1. The number of nitrogens with one attached hydrogen (secondary N) is 1. The standard InChI is InChI=1S/C10H11N3O/c1-7-5-10-9(11-6-7)3-4-13(10)12-8(2)14/h3-6H,1-2H3,(H,12,14). The van der Waals surface area contributed by atoms with Crippen LogP contribution in [0.4, 0.5) is 0 Å². The SMILES string of the molecule is CC(=O)Nn1ccc2ncc(C)cc21. The molecule has 0 radical (unpaired) electrons. The lowest BCUT2D eigenvalue weighted by Gasteiger charge is -2.04. The first-order valence-electron chi connectivity index (χ1n) is 4.38. The Bertz CT molecular complexity index is 487. The summed E-state index contributed by atoms with van der Waals surface area (Å²) in [5.74, 6) is -0.0935. The van der Waals surface area contributed by atoms with Crippen LogP contribution in [0.25, 0.3) is 11.0 Å². The summed E-state index contributed by atoms with van der Waals surface area (Å²) in [6, 6.07) is 3.85. The number of rotatable bonds is 1.